The van der Waals surface area contributed by atoms with E-state index in [2.05, 4.69) is 63.9 Å². The molecule has 0 saturated carbocycles. The van der Waals surface area contributed by atoms with Crippen LogP contribution in [-0.2, 0) is 27.9 Å². The summed E-state index contributed by atoms with van der Waals surface area (Å²) in [4.78, 5) is 22.6. The van der Waals surface area contributed by atoms with Crippen LogP contribution in [0.25, 0.3) is 22.4 Å². The Bertz CT molecular complexity index is 1980. The molecule has 264 valence electrons. The fourth-order valence-electron chi connectivity index (χ4n) is 7.07. The number of primary amides is 1. The zero-order valence-electron chi connectivity index (χ0n) is 29.2. The van der Waals surface area contributed by atoms with E-state index < -0.39 is 22.0 Å². The summed E-state index contributed by atoms with van der Waals surface area (Å²) in [5.74, 6) is 0.470. The molecule has 1 fully saturated rings. The SMILES string of the molecule is CCN(CC)c1ccc(-c2nc3cc(C(CC(N)=O)NCc4cccn4S(=O)(=O)c4ccccc4)ccc3n2CCCN2CCCCC2)cc1. The molecule has 3 aromatic carbocycles. The molecule has 10 nitrogen and oxygen atoms in total. The number of imidazole rings is 1. The van der Waals surface area contributed by atoms with Crippen LogP contribution in [0.3, 0.4) is 0 Å². The van der Waals surface area contributed by atoms with E-state index in [0.717, 1.165) is 60.6 Å². The topological polar surface area (TPSA) is 118 Å². The Morgan fingerprint density at radius 1 is 0.920 bits per heavy atom. The molecule has 2 aromatic heterocycles. The van der Waals surface area contributed by atoms with E-state index in [0.29, 0.717) is 5.69 Å². The molecular formula is C39H49N7O3S. The molecule has 50 heavy (non-hydrogen) atoms. The molecular weight excluding hydrogens is 647 g/mol. The van der Waals surface area contributed by atoms with E-state index in [1.165, 1.54) is 42.0 Å². The van der Waals surface area contributed by atoms with Crippen molar-refractivity contribution in [1.29, 1.82) is 0 Å². The summed E-state index contributed by atoms with van der Waals surface area (Å²) in [5.41, 5.74) is 11.3. The molecule has 3 heterocycles. The maximum absolute atomic E-state index is 13.4. The van der Waals surface area contributed by atoms with Crippen LogP contribution in [0.5, 0.6) is 0 Å². The zero-order chi connectivity index (χ0) is 35.1. The molecule has 0 bridgehead atoms. The van der Waals surface area contributed by atoms with Crippen LogP contribution >= 0.6 is 0 Å². The molecule has 1 amide bonds. The predicted molar refractivity (Wildman–Crippen MR) is 200 cm³/mol. The largest absolute Gasteiger partial charge is 0.372 e. The Balaban J connectivity index is 1.29. The van der Waals surface area contributed by atoms with Gasteiger partial charge >= 0.3 is 0 Å². The van der Waals surface area contributed by atoms with Gasteiger partial charge in [0.2, 0.25) is 5.91 Å². The van der Waals surface area contributed by atoms with Gasteiger partial charge in [-0.15, -0.1) is 0 Å². The highest BCUT2D eigenvalue weighted by molar-refractivity contribution is 7.90. The van der Waals surface area contributed by atoms with Gasteiger partial charge in [-0.2, -0.15) is 0 Å². The lowest BCUT2D eigenvalue weighted by atomic mass is 10.0. The van der Waals surface area contributed by atoms with Crippen molar-refractivity contribution in [2.24, 2.45) is 5.73 Å². The molecule has 3 N–H and O–H groups in total. The highest BCUT2D eigenvalue weighted by atomic mass is 32.2. The third-order valence-corrected chi connectivity index (χ3v) is 11.5. The fraction of sp³-hybridized carbons (Fsp3) is 0.385. The first-order valence-corrected chi connectivity index (χ1v) is 19.3. The standard InChI is InChI=1S/C39H49N7O3S/c1-3-44(4-2)32-19-16-30(17-20-32)39-42-36-27-31(18-21-37(36)45(39)25-12-24-43-22-9-6-10-23-43)35(28-38(40)47)41-29-33-13-11-26-46(33)50(48,49)34-14-7-5-8-15-34/h5,7-8,11,13-21,26-27,35,41H,3-4,6,9-10,12,22-25,28-29H2,1-2H3,(H2,40,47). The van der Waals surface area contributed by atoms with E-state index in [4.69, 9.17) is 10.7 Å². The Morgan fingerprint density at radius 3 is 2.36 bits per heavy atom. The Hall–Kier alpha value is -4.45. The van der Waals surface area contributed by atoms with Crippen LogP contribution in [0.2, 0.25) is 0 Å². The van der Waals surface area contributed by atoms with Crippen LogP contribution < -0.4 is 16.0 Å². The number of nitrogens with one attached hydrogen (secondary N) is 1. The van der Waals surface area contributed by atoms with Gasteiger partial charge < -0.3 is 25.4 Å². The molecule has 11 heteroatoms. The Labute approximate surface area is 296 Å². The first kappa shape index (κ1) is 35.4. The van der Waals surface area contributed by atoms with Crippen molar-refractivity contribution in [2.75, 3.05) is 37.6 Å². The number of hydrogen-bond donors (Lipinski definition) is 2. The lowest BCUT2D eigenvalue weighted by Gasteiger charge is -2.26. The number of benzene rings is 3. The number of rotatable bonds is 16. The van der Waals surface area contributed by atoms with Crippen molar-refractivity contribution in [3.05, 3.63) is 102 Å². The van der Waals surface area contributed by atoms with Crippen LogP contribution in [0, 0.1) is 0 Å². The van der Waals surface area contributed by atoms with Gasteiger partial charge in [0.25, 0.3) is 10.0 Å². The Morgan fingerprint density at radius 2 is 1.66 bits per heavy atom. The second kappa shape index (κ2) is 16.1. The van der Waals surface area contributed by atoms with Crippen molar-refractivity contribution in [1.82, 2.24) is 23.7 Å². The van der Waals surface area contributed by atoms with Gasteiger partial charge in [-0.05, 0) is 119 Å². The van der Waals surface area contributed by atoms with Gasteiger partial charge in [-0.3, -0.25) is 4.79 Å². The van der Waals surface area contributed by atoms with Crippen molar-refractivity contribution < 1.29 is 13.2 Å². The molecule has 1 aliphatic rings. The highest BCUT2D eigenvalue weighted by Gasteiger charge is 2.22. The van der Waals surface area contributed by atoms with Gasteiger partial charge in [0, 0.05) is 61.8 Å². The zero-order valence-corrected chi connectivity index (χ0v) is 30.0. The molecule has 1 atom stereocenters. The monoisotopic (exact) mass is 695 g/mol. The minimum absolute atomic E-state index is 0.0495. The maximum atomic E-state index is 13.4. The second-order valence-corrected chi connectivity index (χ2v) is 14.8. The summed E-state index contributed by atoms with van der Waals surface area (Å²) in [6, 6.07) is 26.2. The number of aryl methyl sites for hydroxylation is 1. The quantitative estimate of drug-likeness (QED) is 0.127. The van der Waals surface area contributed by atoms with Crippen LogP contribution in [0.15, 0.2) is 96.0 Å². The van der Waals surface area contributed by atoms with Gasteiger partial charge in [0.15, 0.2) is 0 Å². The molecule has 1 aliphatic heterocycles. The minimum Gasteiger partial charge on any atom is -0.372 e. The molecule has 0 radical (unpaired) electrons. The average Bonchev–Trinajstić information content (AvgIpc) is 3.77. The van der Waals surface area contributed by atoms with Crippen molar-refractivity contribution in [2.45, 2.75) is 70.0 Å². The molecule has 1 unspecified atom stereocenters. The number of nitrogens with zero attached hydrogens (tertiary/aromatic N) is 5. The van der Waals surface area contributed by atoms with E-state index in [9.17, 15) is 13.2 Å². The average molecular weight is 696 g/mol. The number of carbonyl (C=O) groups is 1. The number of carbonyl (C=O) groups excluding carboxylic acids is 1. The van der Waals surface area contributed by atoms with Crippen LogP contribution in [-0.4, -0.2) is 65.5 Å². The smallest absolute Gasteiger partial charge is 0.267 e. The summed E-state index contributed by atoms with van der Waals surface area (Å²) in [6.07, 6.45) is 6.49. The Kier molecular flexibility index (Phi) is 11.4. The highest BCUT2D eigenvalue weighted by Crippen LogP contribution is 2.30. The maximum Gasteiger partial charge on any atom is 0.267 e. The molecule has 6 rings (SSSR count). The number of fused-ring (bicyclic) bond motifs is 1. The van der Waals surface area contributed by atoms with Crippen LogP contribution in [0.4, 0.5) is 5.69 Å². The lowest BCUT2D eigenvalue weighted by molar-refractivity contribution is -0.118. The van der Waals surface area contributed by atoms with Gasteiger partial charge in [-0.25, -0.2) is 17.4 Å². The fourth-order valence-corrected chi connectivity index (χ4v) is 8.46. The molecule has 0 spiro atoms. The number of amides is 1. The third-order valence-electron chi connectivity index (χ3n) is 9.76. The van der Waals surface area contributed by atoms with Crippen LogP contribution in [0.1, 0.15) is 63.3 Å². The van der Waals surface area contributed by atoms with Crippen molar-refractivity contribution in [3.8, 4) is 11.4 Å². The lowest BCUT2D eigenvalue weighted by Crippen LogP contribution is -2.31. The molecule has 1 saturated heterocycles. The van der Waals surface area contributed by atoms with Gasteiger partial charge in [-0.1, -0.05) is 30.7 Å². The summed E-state index contributed by atoms with van der Waals surface area (Å²) in [6.45, 7) is 10.7. The number of nitrogens with two attached hydrogens (primary N) is 1. The normalized spacial score (nSPS) is 14.6. The summed E-state index contributed by atoms with van der Waals surface area (Å²) >= 11 is 0. The van der Waals surface area contributed by atoms with Crippen molar-refractivity contribution in [3.63, 3.8) is 0 Å². The first-order chi connectivity index (χ1) is 24.3. The first-order valence-electron chi connectivity index (χ1n) is 17.8. The summed E-state index contributed by atoms with van der Waals surface area (Å²) < 4.78 is 30.4. The van der Waals surface area contributed by atoms with E-state index in [1.54, 1.807) is 48.7 Å². The van der Waals surface area contributed by atoms with Crippen molar-refractivity contribution >= 4 is 32.7 Å². The number of piperidine rings is 1. The second-order valence-electron chi connectivity index (χ2n) is 13.0. The third kappa shape index (κ3) is 7.96. The number of anilines is 1. The van der Waals surface area contributed by atoms with Gasteiger partial charge in [0.1, 0.15) is 5.82 Å². The number of aromatic nitrogens is 3. The predicted octanol–water partition coefficient (Wildman–Crippen LogP) is 6.17. The van der Waals surface area contributed by atoms with Gasteiger partial charge in [0.05, 0.1) is 15.9 Å². The number of hydrogen-bond acceptors (Lipinski definition) is 7. The summed E-state index contributed by atoms with van der Waals surface area (Å²) in [5, 5.41) is 3.42. The van der Waals surface area contributed by atoms with E-state index >= 15 is 0 Å². The summed E-state index contributed by atoms with van der Waals surface area (Å²) in [7, 11) is -3.78. The number of likely N-dealkylation sites (tertiary alicyclic amines) is 1. The minimum atomic E-state index is -3.78. The molecule has 0 aliphatic carbocycles. The van der Waals surface area contributed by atoms with E-state index in [-0.39, 0.29) is 17.9 Å². The molecule has 5 aromatic rings. The van der Waals surface area contributed by atoms with E-state index in [1.807, 2.05) is 12.1 Å².